The largest absolute Gasteiger partial charge is 0.494 e. The average molecular weight is 233 g/mol. The molecule has 0 saturated carbocycles. The molecule has 0 radical (unpaired) electrons. The van der Waals surface area contributed by atoms with Crippen molar-refractivity contribution in [3.63, 3.8) is 0 Å². The zero-order chi connectivity index (χ0) is 12.1. The van der Waals surface area contributed by atoms with Crippen molar-refractivity contribution in [3.05, 3.63) is 29.8 Å². The smallest absolute Gasteiger partial charge is 0.253 e. The minimum absolute atomic E-state index is 0.146. The summed E-state index contributed by atoms with van der Waals surface area (Å²) >= 11 is 0. The lowest BCUT2D eigenvalue weighted by Gasteiger charge is -2.26. The van der Waals surface area contributed by atoms with E-state index in [0.717, 1.165) is 37.2 Å². The molecule has 1 aromatic carbocycles. The van der Waals surface area contributed by atoms with Crippen molar-refractivity contribution in [2.75, 3.05) is 19.7 Å². The van der Waals surface area contributed by atoms with Crippen LogP contribution < -0.4 is 4.74 Å². The van der Waals surface area contributed by atoms with Gasteiger partial charge in [-0.1, -0.05) is 0 Å². The summed E-state index contributed by atoms with van der Waals surface area (Å²) in [6, 6.07) is 7.42. The maximum atomic E-state index is 12.2. The molecule has 17 heavy (non-hydrogen) atoms. The van der Waals surface area contributed by atoms with Crippen molar-refractivity contribution >= 4 is 5.91 Å². The van der Waals surface area contributed by atoms with Gasteiger partial charge in [-0.25, -0.2) is 0 Å². The number of amides is 1. The van der Waals surface area contributed by atoms with E-state index < -0.39 is 0 Å². The van der Waals surface area contributed by atoms with E-state index >= 15 is 0 Å². The molecular weight excluding hydrogens is 214 g/mol. The second-order valence-corrected chi connectivity index (χ2v) is 4.31. The molecule has 1 aromatic rings. The van der Waals surface area contributed by atoms with Crippen LogP contribution in [-0.2, 0) is 0 Å². The molecule has 3 nitrogen and oxygen atoms in total. The first kappa shape index (κ1) is 12.0. The first-order valence-electron chi connectivity index (χ1n) is 6.33. The molecule has 0 bridgehead atoms. The fourth-order valence-electron chi connectivity index (χ4n) is 2.14. The van der Waals surface area contributed by atoms with Gasteiger partial charge in [-0.15, -0.1) is 0 Å². The molecule has 1 amide bonds. The van der Waals surface area contributed by atoms with E-state index in [-0.39, 0.29) is 5.91 Å². The van der Waals surface area contributed by atoms with Crippen LogP contribution in [0, 0.1) is 0 Å². The summed E-state index contributed by atoms with van der Waals surface area (Å²) in [7, 11) is 0. The first-order valence-corrected chi connectivity index (χ1v) is 6.33. The Morgan fingerprint density at radius 1 is 1.18 bits per heavy atom. The number of nitrogens with zero attached hydrogens (tertiary/aromatic N) is 1. The van der Waals surface area contributed by atoms with E-state index in [1.165, 1.54) is 6.42 Å². The van der Waals surface area contributed by atoms with Crippen LogP contribution in [-0.4, -0.2) is 30.5 Å². The van der Waals surface area contributed by atoms with Crippen LogP contribution in [0.4, 0.5) is 0 Å². The SMILES string of the molecule is CCOc1ccc(C(=O)N2CCCCC2)cc1. The Kier molecular flexibility index (Phi) is 4.02. The number of benzene rings is 1. The van der Waals surface area contributed by atoms with Gasteiger partial charge in [0.2, 0.25) is 0 Å². The quantitative estimate of drug-likeness (QED) is 0.803. The molecule has 92 valence electrons. The molecule has 1 fully saturated rings. The number of likely N-dealkylation sites (tertiary alicyclic amines) is 1. The van der Waals surface area contributed by atoms with Gasteiger partial charge in [0.1, 0.15) is 5.75 Å². The van der Waals surface area contributed by atoms with Crippen LogP contribution >= 0.6 is 0 Å². The van der Waals surface area contributed by atoms with Crippen molar-refractivity contribution in [2.24, 2.45) is 0 Å². The third-order valence-electron chi connectivity index (χ3n) is 3.06. The third-order valence-corrected chi connectivity index (χ3v) is 3.06. The van der Waals surface area contributed by atoms with Gasteiger partial charge in [0.05, 0.1) is 6.61 Å². The van der Waals surface area contributed by atoms with Crippen molar-refractivity contribution in [2.45, 2.75) is 26.2 Å². The molecule has 2 rings (SSSR count). The molecule has 0 unspecified atom stereocenters. The summed E-state index contributed by atoms with van der Waals surface area (Å²) in [6.45, 7) is 4.39. The van der Waals surface area contributed by atoms with Gasteiger partial charge in [0, 0.05) is 18.7 Å². The molecule has 1 saturated heterocycles. The van der Waals surface area contributed by atoms with E-state index in [4.69, 9.17) is 4.74 Å². The van der Waals surface area contributed by atoms with E-state index in [9.17, 15) is 4.79 Å². The van der Waals surface area contributed by atoms with Gasteiger partial charge in [-0.05, 0) is 50.5 Å². The molecule has 0 aliphatic carbocycles. The van der Waals surface area contributed by atoms with Crippen LogP contribution in [0.25, 0.3) is 0 Å². The maximum Gasteiger partial charge on any atom is 0.253 e. The summed E-state index contributed by atoms with van der Waals surface area (Å²) < 4.78 is 5.36. The van der Waals surface area contributed by atoms with E-state index in [0.29, 0.717) is 6.61 Å². The van der Waals surface area contributed by atoms with Crippen LogP contribution in [0.1, 0.15) is 36.5 Å². The molecule has 1 aliphatic rings. The Morgan fingerprint density at radius 3 is 2.41 bits per heavy atom. The molecular formula is C14H19NO2. The highest BCUT2D eigenvalue weighted by molar-refractivity contribution is 5.94. The lowest BCUT2D eigenvalue weighted by Crippen LogP contribution is -2.35. The van der Waals surface area contributed by atoms with E-state index in [1.54, 1.807) is 0 Å². The van der Waals surface area contributed by atoms with Gasteiger partial charge < -0.3 is 9.64 Å². The maximum absolute atomic E-state index is 12.2. The van der Waals surface area contributed by atoms with Crippen LogP contribution in [0.3, 0.4) is 0 Å². The lowest BCUT2D eigenvalue weighted by molar-refractivity contribution is 0.0724. The van der Waals surface area contributed by atoms with Gasteiger partial charge in [0.25, 0.3) is 5.91 Å². The Morgan fingerprint density at radius 2 is 1.82 bits per heavy atom. The number of ether oxygens (including phenoxy) is 1. The topological polar surface area (TPSA) is 29.5 Å². The standard InChI is InChI=1S/C14H19NO2/c1-2-17-13-8-6-12(7-9-13)14(16)15-10-4-3-5-11-15/h6-9H,2-5,10-11H2,1H3. The van der Waals surface area contributed by atoms with Crippen LogP contribution in [0.5, 0.6) is 5.75 Å². The van der Waals surface area contributed by atoms with Crippen molar-refractivity contribution < 1.29 is 9.53 Å². The zero-order valence-electron chi connectivity index (χ0n) is 10.3. The first-order chi connectivity index (χ1) is 8.31. The predicted octanol–water partition coefficient (Wildman–Crippen LogP) is 2.71. The number of hydrogen-bond donors (Lipinski definition) is 0. The van der Waals surface area contributed by atoms with E-state index in [2.05, 4.69) is 0 Å². The Bertz CT molecular complexity index is 366. The lowest BCUT2D eigenvalue weighted by atomic mass is 10.1. The Hall–Kier alpha value is -1.51. The fraction of sp³-hybridized carbons (Fsp3) is 0.500. The van der Waals surface area contributed by atoms with Gasteiger partial charge in [0.15, 0.2) is 0 Å². The Balaban J connectivity index is 2.03. The number of carbonyl (C=O) groups is 1. The summed E-state index contributed by atoms with van der Waals surface area (Å²) in [4.78, 5) is 14.1. The van der Waals surface area contributed by atoms with Crippen LogP contribution in [0.2, 0.25) is 0 Å². The third kappa shape index (κ3) is 2.99. The van der Waals surface area contributed by atoms with Crippen molar-refractivity contribution in [1.29, 1.82) is 0 Å². The molecule has 0 spiro atoms. The minimum atomic E-state index is 0.146. The number of hydrogen-bond acceptors (Lipinski definition) is 2. The fourth-order valence-corrected chi connectivity index (χ4v) is 2.14. The highest BCUT2D eigenvalue weighted by Crippen LogP contribution is 2.16. The van der Waals surface area contributed by atoms with Gasteiger partial charge in [-0.3, -0.25) is 4.79 Å². The number of carbonyl (C=O) groups excluding carboxylic acids is 1. The van der Waals surface area contributed by atoms with Gasteiger partial charge in [-0.2, -0.15) is 0 Å². The predicted molar refractivity (Wildman–Crippen MR) is 67.4 cm³/mol. The second kappa shape index (κ2) is 5.71. The van der Waals surface area contributed by atoms with Crippen LogP contribution in [0.15, 0.2) is 24.3 Å². The molecule has 0 atom stereocenters. The number of piperidine rings is 1. The normalized spacial score (nSPS) is 15.7. The molecule has 3 heteroatoms. The summed E-state index contributed by atoms with van der Waals surface area (Å²) in [5.74, 6) is 0.968. The molecule has 0 N–H and O–H groups in total. The van der Waals surface area contributed by atoms with E-state index in [1.807, 2.05) is 36.1 Å². The summed E-state index contributed by atoms with van der Waals surface area (Å²) in [6.07, 6.45) is 3.50. The highest BCUT2D eigenvalue weighted by atomic mass is 16.5. The Labute approximate surface area is 102 Å². The van der Waals surface area contributed by atoms with Crippen molar-refractivity contribution in [3.8, 4) is 5.75 Å². The molecule has 1 heterocycles. The minimum Gasteiger partial charge on any atom is -0.494 e. The number of rotatable bonds is 3. The zero-order valence-corrected chi connectivity index (χ0v) is 10.3. The van der Waals surface area contributed by atoms with Gasteiger partial charge >= 0.3 is 0 Å². The van der Waals surface area contributed by atoms with Crippen molar-refractivity contribution in [1.82, 2.24) is 4.90 Å². The molecule has 1 aliphatic heterocycles. The monoisotopic (exact) mass is 233 g/mol. The average Bonchev–Trinajstić information content (AvgIpc) is 2.40. The molecule has 0 aromatic heterocycles. The summed E-state index contributed by atoms with van der Waals surface area (Å²) in [5, 5.41) is 0. The second-order valence-electron chi connectivity index (χ2n) is 4.31. The summed E-state index contributed by atoms with van der Waals surface area (Å²) in [5.41, 5.74) is 0.760. The highest BCUT2D eigenvalue weighted by Gasteiger charge is 2.17.